The number of nitrogens with one attached hydrogen (secondary N) is 2. The first kappa shape index (κ1) is 37.1. The molecule has 2 aliphatic rings. The van der Waals surface area contributed by atoms with Crippen molar-refractivity contribution in [2.24, 2.45) is 5.92 Å². The highest BCUT2D eigenvalue weighted by Crippen LogP contribution is 2.34. The monoisotopic (exact) mass is 694 g/mol. The second kappa shape index (κ2) is 16.5. The van der Waals surface area contributed by atoms with E-state index in [9.17, 15) is 35.5 Å². The number of alkyl halides is 6. The Morgan fingerprint density at radius 3 is 2.21 bits per heavy atom. The van der Waals surface area contributed by atoms with Gasteiger partial charge in [0.15, 0.2) is 11.6 Å². The van der Waals surface area contributed by atoms with Crippen molar-refractivity contribution in [2.75, 3.05) is 37.3 Å². The topological polar surface area (TPSA) is 145 Å². The predicted octanol–water partition coefficient (Wildman–Crippen LogP) is 5.86. The van der Waals surface area contributed by atoms with E-state index in [1.165, 1.54) is 32.0 Å². The predicted molar refractivity (Wildman–Crippen MR) is 156 cm³/mol. The van der Waals surface area contributed by atoms with Gasteiger partial charge < -0.3 is 25.2 Å². The van der Waals surface area contributed by atoms with Crippen molar-refractivity contribution < 1.29 is 60.1 Å². The number of likely N-dealkylation sites (tertiary alicyclic amines) is 1. The molecule has 0 bridgehead atoms. The van der Waals surface area contributed by atoms with E-state index in [-0.39, 0.29) is 30.0 Å². The Balaban J connectivity index is 0.000000360. The van der Waals surface area contributed by atoms with Gasteiger partial charge in [0, 0.05) is 29.0 Å². The highest BCUT2D eigenvalue weighted by atomic mass is 32.2. The number of rotatable bonds is 7. The maximum Gasteiger partial charge on any atom is 0.490 e. The fourth-order valence-corrected chi connectivity index (χ4v) is 5.47. The third-order valence-corrected chi connectivity index (χ3v) is 7.77. The number of fused-ring (bicyclic) bond motifs is 1. The molecule has 3 aromatic rings. The molecule has 0 saturated carbocycles. The number of benzene rings is 2. The van der Waals surface area contributed by atoms with Gasteiger partial charge in [-0.1, -0.05) is 18.2 Å². The van der Waals surface area contributed by atoms with Gasteiger partial charge in [-0.05, 0) is 61.7 Å². The van der Waals surface area contributed by atoms with Crippen LogP contribution in [0.25, 0.3) is 11.1 Å². The first-order valence-corrected chi connectivity index (χ1v) is 14.8. The van der Waals surface area contributed by atoms with E-state index in [0.717, 1.165) is 39.6 Å². The van der Waals surface area contributed by atoms with E-state index in [2.05, 4.69) is 26.5 Å². The summed E-state index contributed by atoms with van der Waals surface area (Å²) in [6.45, 7) is 3.54. The minimum atomic E-state index is -5.08. The van der Waals surface area contributed by atoms with Gasteiger partial charge in [0.2, 0.25) is 5.91 Å². The van der Waals surface area contributed by atoms with Gasteiger partial charge in [-0.2, -0.15) is 31.4 Å². The fourth-order valence-electron chi connectivity index (χ4n) is 4.41. The van der Waals surface area contributed by atoms with Crippen LogP contribution >= 0.6 is 11.8 Å². The number of halogens is 7. The van der Waals surface area contributed by atoms with E-state index >= 15 is 0 Å². The summed E-state index contributed by atoms with van der Waals surface area (Å²) in [6, 6.07) is 10.9. The third-order valence-electron chi connectivity index (χ3n) is 6.73. The Bertz CT molecular complexity index is 1490. The number of carbonyl (C=O) groups is 3. The van der Waals surface area contributed by atoms with Crippen LogP contribution in [0.2, 0.25) is 0 Å². The number of carbonyl (C=O) groups excluding carboxylic acids is 1. The Morgan fingerprint density at radius 2 is 1.64 bits per heavy atom. The standard InChI is InChI=1S/C25H27FN4O2S.2C2HF3O2/c26-21-5-3-4-18-12-19(16-32-24(18)21)25(31)29-22-7-6-17(20-14-27-28-15-20)13-23(22)33-11-10-30-8-1-2-9-30;2*3-2(4,5)1(6)7/h3-7,13-15,19H,1-2,8-12,16H2,(H,27,28)(H,29,31);2*(H,6,7). The molecule has 2 aliphatic heterocycles. The number of para-hydroxylation sites is 1. The van der Waals surface area contributed by atoms with Gasteiger partial charge in [0.1, 0.15) is 6.61 Å². The maximum absolute atomic E-state index is 13.9. The number of amides is 1. The van der Waals surface area contributed by atoms with Crippen LogP contribution in [0.3, 0.4) is 0 Å². The van der Waals surface area contributed by atoms with E-state index < -0.39 is 24.3 Å². The molecule has 1 amide bonds. The number of ether oxygens (including phenoxy) is 1. The molecule has 256 valence electrons. The number of aromatic amines is 1. The van der Waals surface area contributed by atoms with E-state index in [0.29, 0.717) is 6.42 Å². The number of nitrogens with zero attached hydrogens (tertiary/aromatic N) is 2. The van der Waals surface area contributed by atoms with Gasteiger partial charge in [-0.25, -0.2) is 14.0 Å². The number of anilines is 1. The normalized spacial score (nSPS) is 16.0. The Kier molecular flexibility index (Phi) is 13.0. The highest BCUT2D eigenvalue weighted by molar-refractivity contribution is 7.99. The maximum atomic E-state index is 13.9. The zero-order valence-corrected chi connectivity index (χ0v) is 25.1. The molecule has 1 aromatic heterocycles. The summed E-state index contributed by atoms with van der Waals surface area (Å²) in [4.78, 5) is 34.4. The average Bonchev–Trinajstić information content (AvgIpc) is 3.73. The number of hydrogen-bond donors (Lipinski definition) is 4. The zero-order chi connectivity index (χ0) is 34.8. The quantitative estimate of drug-likeness (QED) is 0.177. The van der Waals surface area contributed by atoms with Crippen LogP contribution in [0.4, 0.5) is 36.4 Å². The molecule has 1 atom stereocenters. The number of aromatic nitrogens is 2. The van der Waals surface area contributed by atoms with Crippen molar-refractivity contribution in [2.45, 2.75) is 36.5 Å². The van der Waals surface area contributed by atoms with Crippen molar-refractivity contribution in [3.8, 4) is 16.9 Å². The number of carboxylic acids is 2. The molecule has 0 radical (unpaired) electrons. The fraction of sp³-hybridized carbons (Fsp3) is 0.379. The molecule has 47 heavy (non-hydrogen) atoms. The summed E-state index contributed by atoms with van der Waals surface area (Å²) in [5.74, 6) is -5.14. The number of H-pyrrole nitrogens is 1. The summed E-state index contributed by atoms with van der Waals surface area (Å²) >= 11 is 1.76. The van der Waals surface area contributed by atoms with Crippen LogP contribution in [0, 0.1) is 11.7 Å². The first-order chi connectivity index (χ1) is 22.1. The van der Waals surface area contributed by atoms with Crippen LogP contribution in [0.5, 0.6) is 5.75 Å². The minimum Gasteiger partial charge on any atom is -0.489 e. The molecular weight excluding hydrogens is 665 g/mol. The van der Waals surface area contributed by atoms with Crippen molar-refractivity contribution in [3.05, 3.63) is 60.2 Å². The van der Waals surface area contributed by atoms with Gasteiger partial charge >= 0.3 is 24.3 Å². The lowest BCUT2D eigenvalue weighted by molar-refractivity contribution is -0.193. The van der Waals surface area contributed by atoms with Crippen LogP contribution in [-0.4, -0.2) is 87.5 Å². The average molecular weight is 695 g/mol. The summed E-state index contributed by atoms with van der Waals surface area (Å²) in [6.07, 6.45) is -3.50. The molecule has 10 nitrogen and oxygen atoms in total. The molecule has 1 saturated heterocycles. The molecule has 18 heteroatoms. The lowest BCUT2D eigenvalue weighted by Crippen LogP contribution is -2.33. The molecule has 1 unspecified atom stereocenters. The summed E-state index contributed by atoms with van der Waals surface area (Å²) in [7, 11) is 0. The molecule has 4 N–H and O–H groups in total. The smallest absolute Gasteiger partial charge is 0.489 e. The van der Waals surface area contributed by atoms with Crippen LogP contribution < -0.4 is 10.1 Å². The second-order valence-electron chi connectivity index (χ2n) is 10.1. The number of hydrogen-bond acceptors (Lipinski definition) is 7. The molecule has 0 aliphatic carbocycles. The van der Waals surface area contributed by atoms with Crippen LogP contribution in [-0.2, 0) is 20.8 Å². The summed E-state index contributed by atoms with van der Waals surface area (Å²) in [5.41, 5.74) is 3.59. The first-order valence-electron chi connectivity index (χ1n) is 13.9. The number of aliphatic carboxylic acids is 2. The minimum absolute atomic E-state index is 0.109. The van der Waals surface area contributed by atoms with Gasteiger partial charge in [-0.3, -0.25) is 9.89 Å². The Morgan fingerprint density at radius 1 is 1.00 bits per heavy atom. The number of thioether (sulfide) groups is 1. The molecule has 3 heterocycles. The summed E-state index contributed by atoms with van der Waals surface area (Å²) < 4.78 is 83.0. The highest BCUT2D eigenvalue weighted by Gasteiger charge is 2.39. The largest absolute Gasteiger partial charge is 0.490 e. The lowest BCUT2D eigenvalue weighted by atomic mass is 9.95. The van der Waals surface area contributed by atoms with Crippen molar-refractivity contribution in [3.63, 3.8) is 0 Å². The SMILES string of the molecule is O=C(Nc1ccc(-c2cn[nH]c2)cc1SCCN1CCCC1)C1COc2c(F)cccc2C1.O=C(O)C(F)(F)F.O=C(O)C(F)(F)F. The van der Waals surface area contributed by atoms with Gasteiger partial charge in [0.05, 0.1) is 17.8 Å². The molecule has 5 rings (SSSR count). The summed E-state index contributed by atoms with van der Waals surface area (Å²) in [5, 5.41) is 24.3. The Labute approximate surface area is 267 Å². The number of carboxylic acid groups (broad SMARTS) is 2. The lowest BCUT2D eigenvalue weighted by Gasteiger charge is -2.25. The Hall–Kier alpha value is -4.32. The van der Waals surface area contributed by atoms with Crippen molar-refractivity contribution in [1.82, 2.24) is 15.1 Å². The van der Waals surface area contributed by atoms with Crippen molar-refractivity contribution in [1.29, 1.82) is 0 Å². The second-order valence-corrected chi connectivity index (χ2v) is 11.3. The zero-order valence-electron chi connectivity index (χ0n) is 24.3. The van der Waals surface area contributed by atoms with Gasteiger partial charge in [-0.15, -0.1) is 11.8 Å². The van der Waals surface area contributed by atoms with Crippen LogP contribution in [0.1, 0.15) is 18.4 Å². The molecule has 1 fully saturated rings. The molecule has 2 aromatic carbocycles. The molecular formula is C29H29F7N4O6S. The van der Waals surface area contributed by atoms with Crippen molar-refractivity contribution >= 4 is 35.3 Å². The van der Waals surface area contributed by atoms with E-state index in [1.807, 2.05) is 24.4 Å². The molecule has 0 spiro atoms. The van der Waals surface area contributed by atoms with Crippen LogP contribution in [0.15, 0.2) is 53.7 Å². The van der Waals surface area contributed by atoms with E-state index in [1.54, 1.807) is 24.0 Å². The van der Waals surface area contributed by atoms with Gasteiger partial charge in [0.25, 0.3) is 0 Å². The van der Waals surface area contributed by atoms with E-state index in [4.69, 9.17) is 24.5 Å². The third kappa shape index (κ3) is 11.5.